The fourth-order valence-corrected chi connectivity index (χ4v) is 2.60. The lowest BCUT2D eigenvalue weighted by Crippen LogP contribution is -2.41. The maximum Gasteiger partial charge on any atom is 0.239 e. The van der Waals surface area contributed by atoms with Crippen molar-refractivity contribution in [2.24, 2.45) is 5.41 Å². The van der Waals surface area contributed by atoms with Gasteiger partial charge in [0.1, 0.15) is 24.4 Å². The Kier molecular flexibility index (Phi) is 5.73. The first kappa shape index (κ1) is 19.5. The van der Waals surface area contributed by atoms with Crippen LogP contribution in [0, 0.1) is 5.41 Å². The summed E-state index contributed by atoms with van der Waals surface area (Å²) in [5.41, 5.74) is -0.156. The molecule has 0 bridgehead atoms. The van der Waals surface area contributed by atoms with Crippen molar-refractivity contribution in [2.45, 2.75) is 20.8 Å². The van der Waals surface area contributed by atoms with E-state index >= 15 is 0 Å². The van der Waals surface area contributed by atoms with Gasteiger partial charge in [0.2, 0.25) is 11.8 Å². The number of amides is 2. The zero-order valence-electron chi connectivity index (χ0n) is 16.2. The van der Waals surface area contributed by atoms with Gasteiger partial charge in [0, 0.05) is 17.4 Å². The number of carbonyl (C=O) groups excluding carboxylic acids is 2. The largest absolute Gasteiger partial charge is 0.494 e. The fraction of sp³-hybridized carbons (Fsp3) is 0.333. The summed E-state index contributed by atoms with van der Waals surface area (Å²) in [6.07, 6.45) is 0. The van der Waals surface area contributed by atoms with Crippen LogP contribution in [0.1, 0.15) is 20.8 Å². The van der Waals surface area contributed by atoms with Crippen LogP contribution in [-0.2, 0) is 9.59 Å². The van der Waals surface area contributed by atoms with E-state index in [1.807, 2.05) is 6.92 Å². The third-order valence-corrected chi connectivity index (χ3v) is 4.36. The van der Waals surface area contributed by atoms with Crippen molar-refractivity contribution in [2.75, 3.05) is 30.5 Å². The maximum absolute atomic E-state index is 12.7. The number of nitrogens with one attached hydrogen (secondary N) is 2. The van der Waals surface area contributed by atoms with Crippen LogP contribution in [0.25, 0.3) is 0 Å². The summed E-state index contributed by atoms with van der Waals surface area (Å²) in [6, 6.07) is 12.1. The van der Waals surface area contributed by atoms with E-state index in [9.17, 15) is 9.59 Å². The van der Waals surface area contributed by atoms with Gasteiger partial charge in [-0.05, 0) is 57.2 Å². The molecule has 2 aromatic rings. The van der Waals surface area contributed by atoms with E-state index in [4.69, 9.17) is 14.2 Å². The Labute approximate surface area is 164 Å². The number of hydrogen-bond donors (Lipinski definition) is 2. The number of carbonyl (C=O) groups is 2. The van der Waals surface area contributed by atoms with E-state index in [1.54, 1.807) is 56.3 Å². The molecule has 148 valence electrons. The average molecular weight is 384 g/mol. The molecule has 28 heavy (non-hydrogen) atoms. The molecular formula is C21H24N2O5. The van der Waals surface area contributed by atoms with Crippen molar-refractivity contribution < 1.29 is 23.8 Å². The molecular weight excluding hydrogens is 360 g/mol. The first-order chi connectivity index (χ1) is 13.4. The summed E-state index contributed by atoms with van der Waals surface area (Å²) in [5, 5.41) is 5.54. The van der Waals surface area contributed by atoms with Crippen molar-refractivity contribution in [1.82, 2.24) is 0 Å². The predicted octanol–water partition coefficient (Wildman–Crippen LogP) is 3.46. The van der Waals surface area contributed by atoms with Gasteiger partial charge in [0.05, 0.1) is 6.61 Å². The van der Waals surface area contributed by atoms with Crippen molar-refractivity contribution in [3.05, 3.63) is 42.5 Å². The van der Waals surface area contributed by atoms with Crippen molar-refractivity contribution in [3.8, 4) is 17.2 Å². The number of anilines is 2. The van der Waals surface area contributed by atoms with Gasteiger partial charge in [-0.25, -0.2) is 0 Å². The highest BCUT2D eigenvalue weighted by molar-refractivity contribution is 6.14. The number of hydrogen-bond acceptors (Lipinski definition) is 5. The van der Waals surface area contributed by atoms with Crippen LogP contribution < -0.4 is 24.8 Å². The minimum absolute atomic E-state index is 0.410. The van der Waals surface area contributed by atoms with Crippen LogP contribution in [-0.4, -0.2) is 31.6 Å². The van der Waals surface area contributed by atoms with Gasteiger partial charge in [-0.1, -0.05) is 0 Å². The summed E-state index contributed by atoms with van der Waals surface area (Å²) >= 11 is 0. The minimum atomic E-state index is -1.29. The van der Waals surface area contributed by atoms with Crippen molar-refractivity contribution in [3.63, 3.8) is 0 Å². The Morgan fingerprint density at radius 2 is 1.50 bits per heavy atom. The zero-order chi connectivity index (χ0) is 20.1. The predicted molar refractivity (Wildman–Crippen MR) is 106 cm³/mol. The normalized spacial score (nSPS) is 12.8. The monoisotopic (exact) mass is 384 g/mol. The van der Waals surface area contributed by atoms with Crippen LogP contribution in [0.15, 0.2) is 42.5 Å². The third-order valence-electron chi connectivity index (χ3n) is 4.36. The smallest absolute Gasteiger partial charge is 0.239 e. The SMILES string of the molecule is CCOc1ccc(NC(=O)C(C)(C)C(=O)Nc2ccc3c(c2)OCCO3)cc1. The third kappa shape index (κ3) is 4.36. The van der Waals surface area contributed by atoms with Gasteiger partial charge >= 0.3 is 0 Å². The lowest BCUT2D eigenvalue weighted by molar-refractivity contribution is -0.135. The summed E-state index contributed by atoms with van der Waals surface area (Å²) in [4.78, 5) is 25.4. The maximum atomic E-state index is 12.7. The molecule has 0 fully saturated rings. The summed E-state index contributed by atoms with van der Waals surface area (Å²) in [7, 11) is 0. The topological polar surface area (TPSA) is 85.9 Å². The molecule has 7 heteroatoms. The molecule has 1 aliphatic rings. The van der Waals surface area contributed by atoms with Gasteiger partial charge in [-0.15, -0.1) is 0 Å². The highest BCUT2D eigenvalue weighted by Crippen LogP contribution is 2.33. The second kappa shape index (κ2) is 8.21. The summed E-state index contributed by atoms with van der Waals surface area (Å²) in [5.74, 6) is 1.09. The van der Waals surface area contributed by atoms with Crippen LogP contribution in [0.2, 0.25) is 0 Å². The molecule has 0 unspecified atom stereocenters. The van der Waals surface area contributed by atoms with Crippen LogP contribution >= 0.6 is 0 Å². The highest BCUT2D eigenvalue weighted by atomic mass is 16.6. The second-order valence-electron chi connectivity index (χ2n) is 6.85. The first-order valence-corrected chi connectivity index (χ1v) is 9.15. The van der Waals surface area contributed by atoms with E-state index in [0.29, 0.717) is 42.7 Å². The Morgan fingerprint density at radius 3 is 2.14 bits per heavy atom. The Hall–Kier alpha value is -3.22. The molecule has 0 atom stereocenters. The van der Waals surface area contributed by atoms with Crippen molar-refractivity contribution in [1.29, 1.82) is 0 Å². The second-order valence-corrected chi connectivity index (χ2v) is 6.85. The van der Waals surface area contributed by atoms with Crippen LogP contribution in [0.5, 0.6) is 17.2 Å². The molecule has 0 spiro atoms. The van der Waals surface area contributed by atoms with Gasteiger partial charge in [-0.3, -0.25) is 9.59 Å². The minimum Gasteiger partial charge on any atom is -0.494 e. The first-order valence-electron chi connectivity index (χ1n) is 9.15. The quantitative estimate of drug-likeness (QED) is 0.745. The van der Waals surface area contributed by atoms with E-state index in [-0.39, 0.29) is 0 Å². The van der Waals surface area contributed by atoms with E-state index in [2.05, 4.69) is 10.6 Å². The molecule has 0 aliphatic carbocycles. The average Bonchev–Trinajstić information content (AvgIpc) is 2.69. The molecule has 7 nitrogen and oxygen atoms in total. The van der Waals surface area contributed by atoms with Crippen molar-refractivity contribution >= 4 is 23.2 Å². The standard InChI is InChI=1S/C21H24N2O5/c1-4-26-16-8-5-14(6-9-16)22-19(24)21(2,3)20(25)23-15-7-10-17-18(13-15)28-12-11-27-17/h5-10,13H,4,11-12H2,1-3H3,(H,22,24)(H,23,25). The Balaban J connectivity index is 1.65. The van der Waals surface area contributed by atoms with Gasteiger partial charge in [-0.2, -0.15) is 0 Å². The molecule has 2 aromatic carbocycles. The van der Waals surface area contributed by atoms with E-state index in [0.717, 1.165) is 5.75 Å². The zero-order valence-corrected chi connectivity index (χ0v) is 16.2. The number of fused-ring (bicyclic) bond motifs is 1. The Morgan fingerprint density at radius 1 is 0.929 bits per heavy atom. The molecule has 0 saturated carbocycles. The molecule has 3 rings (SSSR count). The van der Waals surface area contributed by atoms with Gasteiger partial charge in [0.15, 0.2) is 11.5 Å². The molecule has 2 N–H and O–H groups in total. The fourth-order valence-electron chi connectivity index (χ4n) is 2.60. The highest BCUT2D eigenvalue weighted by Gasteiger charge is 2.36. The lowest BCUT2D eigenvalue weighted by atomic mass is 9.90. The van der Waals surface area contributed by atoms with Crippen LogP contribution in [0.3, 0.4) is 0 Å². The molecule has 1 heterocycles. The summed E-state index contributed by atoms with van der Waals surface area (Å²) < 4.78 is 16.4. The molecule has 0 saturated heterocycles. The number of rotatable bonds is 6. The van der Waals surface area contributed by atoms with Crippen LogP contribution in [0.4, 0.5) is 11.4 Å². The molecule has 0 aromatic heterocycles. The van der Waals surface area contributed by atoms with Gasteiger partial charge < -0.3 is 24.8 Å². The lowest BCUT2D eigenvalue weighted by Gasteiger charge is -2.24. The summed E-state index contributed by atoms with van der Waals surface area (Å²) in [6.45, 7) is 6.57. The van der Waals surface area contributed by atoms with E-state index < -0.39 is 17.2 Å². The molecule has 1 aliphatic heterocycles. The number of ether oxygens (including phenoxy) is 3. The number of benzene rings is 2. The molecule has 0 radical (unpaired) electrons. The van der Waals surface area contributed by atoms with E-state index in [1.165, 1.54) is 0 Å². The molecule has 2 amide bonds. The Bertz CT molecular complexity index is 862. The van der Waals surface area contributed by atoms with Gasteiger partial charge in [0.25, 0.3) is 0 Å².